The summed E-state index contributed by atoms with van der Waals surface area (Å²) in [4.78, 5) is 18.0. The summed E-state index contributed by atoms with van der Waals surface area (Å²) in [7, 11) is 3.47. The van der Waals surface area contributed by atoms with Crippen molar-refractivity contribution in [2.24, 2.45) is 0 Å². The molecule has 6 nitrogen and oxygen atoms in total. The number of nitrogens with one attached hydrogen (secondary N) is 1. The number of benzene rings is 1. The fourth-order valence-corrected chi connectivity index (χ4v) is 3.05. The summed E-state index contributed by atoms with van der Waals surface area (Å²) >= 11 is 6.33. The van der Waals surface area contributed by atoms with Crippen molar-refractivity contribution < 1.29 is 4.79 Å². The third-order valence-corrected chi connectivity index (χ3v) is 4.46. The number of fused-ring (bicyclic) bond motifs is 1. The molecule has 0 fully saturated rings. The fourth-order valence-electron chi connectivity index (χ4n) is 2.73. The molecule has 1 aromatic carbocycles. The van der Waals surface area contributed by atoms with Crippen molar-refractivity contribution in [3.8, 4) is 6.07 Å². The zero-order chi connectivity index (χ0) is 18.8. The summed E-state index contributed by atoms with van der Waals surface area (Å²) in [5.41, 5.74) is 2.98. The highest BCUT2D eigenvalue weighted by Gasteiger charge is 2.13. The number of halogens is 1. The minimum atomic E-state index is 0.0137. The van der Waals surface area contributed by atoms with Gasteiger partial charge in [0.2, 0.25) is 5.91 Å². The first-order valence-electron chi connectivity index (χ1n) is 8.02. The van der Waals surface area contributed by atoms with Gasteiger partial charge in [0.25, 0.3) is 0 Å². The molecule has 0 atom stereocenters. The number of anilines is 2. The van der Waals surface area contributed by atoms with Gasteiger partial charge in [0.05, 0.1) is 27.9 Å². The second kappa shape index (κ2) is 7.06. The molecule has 0 unspecified atom stereocenters. The minimum Gasteiger partial charge on any atom is -0.347 e. The average molecular weight is 368 g/mol. The van der Waals surface area contributed by atoms with E-state index in [1.807, 2.05) is 29.8 Å². The van der Waals surface area contributed by atoms with E-state index in [4.69, 9.17) is 16.9 Å². The summed E-state index contributed by atoms with van der Waals surface area (Å²) in [6.07, 6.45) is 3.56. The molecule has 3 rings (SSSR count). The second-order valence-corrected chi connectivity index (χ2v) is 6.62. The smallest absolute Gasteiger partial charge is 0.241 e. The number of pyridine rings is 1. The van der Waals surface area contributed by atoms with Crippen LogP contribution in [0.2, 0.25) is 5.02 Å². The van der Waals surface area contributed by atoms with E-state index < -0.39 is 0 Å². The van der Waals surface area contributed by atoms with Gasteiger partial charge in [-0.3, -0.25) is 4.79 Å². The lowest BCUT2D eigenvalue weighted by Gasteiger charge is -2.13. The number of likely N-dealkylation sites (N-methyl/N-ethyl adjacent to an activating group) is 1. The second-order valence-electron chi connectivity index (χ2n) is 6.21. The standard InChI is InChI=1S/C19H18ClN5O/c1-12-8-13(10-21)9-15(20)18(12)23-19-14-5-7-25(11-17(26)24(2)3)16(14)4-6-22-19/h4-9H,11H2,1-3H3,(H,22,23). The summed E-state index contributed by atoms with van der Waals surface area (Å²) in [6, 6.07) is 9.28. The highest BCUT2D eigenvalue weighted by molar-refractivity contribution is 6.33. The van der Waals surface area contributed by atoms with Crippen LogP contribution in [0.25, 0.3) is 10.9 Å². The number of nitrogens with zero attached hydrogens (tertiary/aromatic N) is 4. The Morgan fingerprint density at radius 3 is 2.81 bits per heavy atom. The average Bonchev–Trinajstić information content (AvgIpc) is 3.01. The van der Waals surface area contributed by atoms with Gasteiger partial charge < -0.3 is 14.8 Å². The molecule has 132 valence electrons. The molecule has 0 spiro atoms. The monoisotopic (exact) mass is 367 g/mol. The molecule has 0 radical (unpaired) electrons. The van der Waals surface area contributed by atoms with E-state index in [0.29, 0.717) is 22.1 Å². The predicted octanol–water partition coefficient (Wildman–Crippen LogP) is 3.70. The van der Waals surface area contributed by atoms with Crippen molar-refractivity contribution in [3.05, 3.63) is 52.8 Å². The Hall–Kier alpha value is -3.04. The molecular weight excluding hydrogens is 350 g/mol. The van der Waals surface area contributed by atoms with Crippen molar-refractivity contribution in [2.75, 3.05) is 19.4 Å². The number of amides is 1. The summed E-state index contributed by atoms with van der Waals surface area (Å²) in [5, 5.41) is 13.7. The number of nitriles is 1. The molecule has 0 aliphatic heterocycles. The van der Waals surface area contributed by atoms with E-state index >= 15 is 0 Å². The zero-order valence-electron chi connectivity index (χ0n) is 14.7. The highest BCUT2D eigenvalue weighted by atomic mass is 35.5. The van der Waals surface area contributed by atoms with E-state index in [2.05, 4.69) is 16.4 Å². The third-order valence-electron chi connectivity index (χ3n) is 4.16. The quantitative estimate of drug-likeness (QED) is 0.763. The lowest BCUT2D eigenvalue weighted by Crippen LogP contribution is -2.25. The van der Waals surface area contributed by atoms with Gasteiger partial charge in [0.15, 0.2) is 0 Å². The van der Waals surface area contributed by atoms with Crippen LogP contribution in [0.4, 0.5) is 11.5 Å². The maximum Gasteiger partial charge on any atom is 0.241 e. The number of carbonyl (C=O) groups excluding carboxylic acids is 1. The van der Waals surface area contributed by atoms with Crippen LogP contribution in [0.15, 0.2) is 36.7 Å². The van der Waals surface area contributed by atoms with Crippen LogP contribution in [0.1, 0.15) is 11.1 Å². The van der Waals surface area contributed by atoms with E-state index in [9.17, 15) is 4.79 Å². The Kier molecular flexibility index (Phi) is 4.83. The van der Waals surface area contributed by atoms with Gasteiger partial charge in [-0.25, -0.2) is 4.98 Å². The Morgan fingerprint density at radius 1 is 1.38 bits per heavy atom. The molecule has 0 saturated heterocycles. The van der Waals surface area contributed by atoms with Crippen LogP contribution in [-0.4, -0.2) is 34.5 Å². The normalized spacial score (nSPS) is 10.6. The number of carbonyl (C=O) groups is 1. The molecule has 1 amide bonds. The summed E-state index contributed by atoms with van der Waals surface area (Å²) < 4.78 is 1.89. The van der Waals surface area contributed by atoms with Crippen molar-refractivity contribution >= 4 is 39.9 Å². The molecule has 26 heavy (non-hydrogen) atoms. The largest absolute Gasteiger partial charge is 0.347 e. The number of hydrogen-bond acceptors (Lipinski definition) is 4. The first-order chi connectivity index (χ1) is 12.4. The van der Waals surface area contributed by atoms with Crippen LogP contribution in [0.3, 0.4) is 0 Å². The molecule has 7 heteroatoms. The van der Waals surface area contributed by atoms with Gasteiger partial charge in [-0.05, 0) is 36.8 Å². The van der Waals surface area contributed by atoms with Crippen LogP contribution in [0, 0.1) is 18.3 Å². The molecule has 2 heterocycles. The topological polar surface area (TPSA) is 74.0 Å². The Balaban J connectivity index is 1.99. The molecule has 0 aliphatic rings. The molecule has 3 aromatic rings. The van der Waals surface area contributed by atoms with Crippen LogP contribution in [0.5, 0.6) is 0 Å². The fraction of sp³-hybridized carbons (Fsp3) is 0.211. The molecule has 0 aliphatic carbocycles. The zero-order valence-corrected chi connectivity index (χ0v) is 15.5. The van der Waals surface area contributed by atoms with E-state index in [0.717, 1.165) is 16.5 Å². The van der Waals surface area contributed by atoms with Crippen LogP contribution in [-0.2, 0) is 11.3 Å². The number of aromatic nitrogens is 2. The first-order valence-corrected chi connectivity index (χ1v) is 8.39. The number of rotatable bonds is 4. The predicted molar refractivity (Wildman–Crippen MR) is 103 cm³/mol. The van der Waals surface area contributed by atoms with Gasteiger partial charge in [-0.15, -0.1) is 0 Å². The van der Waals surface area contributed by atoms with Gasteiger partial charge in [-0.2, -0.15) is 5.26 Å². The van der Waals surface area contributed by atoms with Gasteiger partial charge in [-0.1, -0.05) is 11.6 Å². The molecule has 0 bridgehead atoms. The molecular formula is C19H18ClN5O. The third kappa shape index (κ3) is 3.35. The van der Waals surface area contributed by atoms with Crippen molar-refractivity contribution in [1.82, 2.24) is 14.5 Å². The summed E-state index contributed by atoms with van der Waals surface area (Å²) in [5.74, 6) is 0.660. The Labute approximate surface area is 156 Å². The SMILES string of the molecule is Cc1cc(C#N)cc(Cl)c1Nc1nccc2c1ccn2CC(=O)N(C)C. The lowest BCUT2D eigenvalue weighted by molar-refractivity contribution is -0.129. The minimum absolute atomic E-state index is 0.0137. The van der Waals surface area contributed by atoms with Crippen LogP contribution >= 0.6 is 11.6 Å². The van der Waals surface area contributed by atoms with Gasteiger partial charge in [0.1, 0.15) is 12.4 Å². The van der Waals surface area contributed by atoms with E-state index in [-0.39, 0.29) is 12.5 Å². The van der Waals surface area contributed by atoms with Gasteiger partial charge >= 0.3 is 0 Å². The maximum atomic E-state index is 12.0. The van der Waals surface area contributed by atoms with E-state index in [1.165, 1.54) is 0 Å². The maximum absolute atomic E-state index is 12.0. The molecule has 2 aromatic heterocycles. The number of aryl methyl sites for hydroxylation is 1. The Bertz CT molecular complexity index is 1010. The molecule has 1 N–H and O–H groups in total. The Morgan fingerprint density at radius 2 is 2.15 bits per heavy atom. The van der Waals surface area contributed by atoms with E-state index in [1.54, 1.807) is 37.3 Å². The highest BCUT2D eigenvalue weighted by Crippen LogP contribution is 2.32. The van der Waals surface area contributed by atoms with Crippen molar-refractivity contribution in [1.29, 1.82) is 5.26 Å². The van der Waals surface area contributed by atoms with Crippen molar-refractivity contribution in [2.45, 2.75) is 13.5 Å². The van der Waals surface area contributed by atoms with Gasteiger partial charge in [0, 0.05) is 31.9 Å². The summed E-state index contributed by atoms with van der Waals surface area (Å²) in [6.45, 7) is 2.15. The molecule has 0 saturated carbocycles. The lowest BCUT2D eigenvalue weighted by atomic mass is 10.1. The van der Waals surface area contributed by atoms with Crippen molar-refractivity contribution in [3.63, 3.8) is 0 Å². The first kappa shape index (κ1) is 17.8. The van der Waals surface area contributed by atoms with Crippen LogP contribution < -0.4 is 5.32 Å². The number of hydrogen-bond donors (Lipinski definition) is 1.